The van der Waals surface area contributed by atoms with Crippen LogP contribution in [-0.4, -0.2) is 39.3 Å². The molecule has 0 unspecified atom stereocenters. The van der Waals surface area contributed by atoms with Crippen LogP contribution in [-0.2, 0) is 4.74 Å². The van der Waals surface area contributed by atoms with Crippen LogP contribution in [0.2, 0.25) is 5.02 Å². The molecule has 0 spiro atoms. The van der Waals surface area contributed by atoms with E-state index in [4.69, 9.17) is 16.3 Å². The summed E-state index contributed by atoms with van der Waals surface area (Å²) in [5.74, 6) is -0.0889. The molecule has 1 saturated heterocycles. The number of amides is 1. The Hall–Kier alpha value is -0.620. The molecule has 19 heavy (non-hydrogen) atoms. The number of carbonyl (C=O) groups excluding carboxylic acids is 1. The lowest BCUT2D eigenvalue weighted by atomic mass is 9.79. The van der Waals surface area contributed by atoms with Crippen molar-refractivity contribution < 1.29 is 9.53 Å². The first-order valence-corrected chi connectivity index (χ1v) is 7.63. The molecule has 1 aliphatic rings. The monoisotopic (exact) mass is 302 g/mol. The van der Waals surface area contributed by atoms with Gasteiger partial charge in [0.2, 0.25) is 0 Å². The molecule has 2 heterocycles. The van der Waals surface area contributed by atoms with E-state index in [0.717, 1.165) is 25.9 Å². The molecule has 1 aromatic rings. The molecule has 0 bridgehead atoms. The van der Waals surface area contributed by atoms with E-state index in [1.807, 2.05) is 5.38 Å². The predicted molar refractivity (Wildman–Crippen MR) is 78.1 cm³/mol. The third-order valence-electron chi connectivity index (χ3n) is 3.56. The molecule has 0 aliphatic carbocycles. The highest BCUT2D eigenvalue weighted by atomic mass is 35.5. The van der Waals surface area contributed by atoms with Gasteiger partial charge in [-0.25, -0.2) is 0 Å². The maximum atomic E-state index is 12.1. The van der Waals surface area contributed by atoms with Gasteiger partial charge in [0.25, 0.3) is 5.91 Å². The van der Waals surface area contributed by atoms with Crippen LogP contribution < -0.4 is 10.6 Å². The van der Waals surface area contributed by atoms with Crippen molar-refractivity contribution in [3.8, 4) is 0 Å². The fourth-order valence-electron chi connectivity index (χ4n) is 2.44. The molecule has 0 aromatic carbocycles. The van der Waals surface area contributed by atoms with Crippen LogP contribution in [0.3, 0.4) is 0 Å². The Balaban J connectivity index is 1.95. The first-order valence-electron chi connectivity index (χ1n) is 6.38. The van der Waals surface area contributed by atoms with Gasteiger partial charge < -0.3 is 15.4 Å². The van der Waals surface area contributed by atoms with Gasteiger partial charge in [0.1, 0.15) is 4.88 Å². The topological polar surface area (TPSA) is 50.4 Å². The van der Waals surface area contributed by atoms with E-state index < -0.39 is 0 Å². The molecule has 4 nitrogen and oxygen atoms in total. The second kappa shape index (κ2) is 6.70. The summed E-state index contributed by atoms with van der Waals surface area (Å²) in [6, 6.07) is 1.75. The van der Waals surface area contributed by atoms with E-state index in [0.29, 0.717) is 23.1 Å². The molecule has 1 aliphatic heterocycles. The molecular formula is C13H19ClN2O2S. The number of piperidine rings is 1. The van der Waals surface area contributed by atoms with E-state index in [1.54, 1.807) is 13.2 Å². The van der Waals surface area contributed by atoms with Crippen molar-refractivity contribution in [3.05, 3.63) is 21.3 Å². The Morgan fingerprint density at radius 1 is 1.58 bits per heavy atom. The molecule has 1 amide bonds. The SMILES string of the molecule is COCC1(CNC(=O)c2sccc2Cl)CCNCC1. The Morgan fingerprint density at radius 2 is 2.32 bits per heavy atom. The van der Waals surface area contributed by atoms with Crippen molar-refractivity contribution in [2.45, 2.75) is 12.8 Å². The smallest absolute Gasteiger partial charge is 0.262 e. The fraction of sp³-hybridized carbons (Fsp3) is 0.615. The molecule has 1 aromatic heterocycles. The van der Waals surface area contributed by atoms with Gasteiger partial charge in [0, 0.05) is 19.1 Å². The van der Waals surface area contributed by atoms with Gasteiger partial charge in [-0.2, -0.15) is 0 Å². The summed E-state index contributed by atoms with van der Waals surface area (Å²) in [6.45, 7) is 3.25. The number of hydrogen-bond acceptors (Lipinski definition) is 4. The molecule has 2 rings (SSSR count). The Bertz CT molecular complexity index is 425. The maximum absolute atomic E-state index is 12.1. The summed E-state index contributed by atoms with van der Waals surface area (Å²) in [4.78, 5) is 12.7. The molecule has 2 N–H and O–H groups in total. The van der Waals surface area contributed by atoms with Gasteiger partial charge >= 0.3 is 0 Å². The molecule has 1 fully saturated rings. The average Bonchev–Trinajstić information content (AvgIpc) is 2.84. The van der Waals surface area contributed by atoms with Gasteiger partial charge in [0.05, 0.1) is 11.6 Å². The number of carbonyl (C=O) groups is 1. The molecular weight excluding hydrogens is 284 g/mol. The van der Waals surface area contributed by atoms with Crippen LogP contribution in [0, 0.1) is 5.41 Å². The summed E-state index contributed by atoms with van der Waals surface area (Å²) < 4.78 is 5.33. The Kier molecular flexibility index (Phi) is 5.21. The Labute approximate surface area is 122 Å². The summed E-state index contributed by atoms with van der Waals surface area (Å²) in [7, 11) is 1.71. The van der Waals surface area contributed by atoms with E-state index in [2.05, 4.69) is 10.6 Å². The summed E-state index contributed by atoms with van der Waals surface area (Å²) in [5, 5.41) is 8.68. The van der Waals surface area contributed by atoms with Gasteiger partial charge in [-0.05, 0) is 37.4 Å². The lowest BCUT2D eigenvalue weighted by Crippen LogP contribution is -2.47. The van der Waals surface area contributed by atoms with Crippen molar-refractivity contribution in [1.82, 2.24) is 10.6 Å². The first-order chi connectivity index (χ1) is 9.17. The quantitative estimate of drug-likeness (QED) is 0.876. The molecule has 0 atom stereocenters. The van der Waals surface area contributed by atoms with Crippen LogP contribution in [0.4, 0.5) is 0 Å². The van der Waals surface area contributed by atoms with E-state index in [-0.39, 0.29) is 11.3 Å². The first kappa shape index (κ1) is 14.8. The van der Waals surface area contributed by atoms with Crippen LogP contribution in [0.1, 0.15) is 22.5 Å². The minimum absolute atomic E-state index is 0.0411. The predicted octanol–water partition coefficient (Wildman–Crippen LogP) is 2.15. The minimum atomic E-state index is -0.0889. The zero-order valence-corrected chi connectivity index (χ0v) is 12.6. The lowest BCUT2D eigenvalue weighted by Gasteiger charge is -2.37. The van der Waals surface area contributed by atoms with E-state index in [1.165, 1.54) is 11.3 Å². The van der Waals surface area contributed by atoms with Crippen LogP contribution >= 0.6 is 22.9 Å². The number of ether oxygens (including phenoxy) is 1. The second-order valence-electron chi connectivity index (χ2n) is 4.96. The number of methoxy groups -OCH3 is 1. The van der Waals surface area contributed by atoms with Crippen molar-refractivity contribution in [3.63, 3.8) is 0 Å². The third kappa shape index (κ3) is 3.69. The van der Waals surface area contributed by atoms with Crippen LogP contribution in [0.5, 0.6) is 0 Å². The zero-order chi connectivity index (χ0) is 13.7. The van der Waals surface area contributed by atoms with Crippen molar-refractivity contribution >= 4 is 28.8 Å². The highest BCUT2D eigenvalue weighted by molar-refractivity contribution is 7.12. The van der Waals surface area contributed by atoms with Gasteiger partial charge in [-0.15, -0.1) is 11.3 Å². The highest BCUT2D eigenvalue weighted by Gasteiger charge is 2.32. The number of rotatable bonds is 5. The van der Waals surface area contributed by atoms with Crippen LogP contribution in [0.25, 0.3) is 0 Å². The largest absolute Gasteiger partial charge is 0.384 e. The number of halogens is 1. The van der Waals surface area contributed by atoms with Gasteiger partial charge in [0.15, 0.2) is 0 Å². The number of nitrogens with one attached hydrogen (secondary N) is 2. The van der Waals surface area contributed by atoms with Crippen LogP contribution in [0.15, 0.2) is 11.4 Å². The van der Waals surface area contributed by atoms with E-state index >= 15 is 0 Å². The third-order valence-corrected chi connectivity index (χ3v) is 4.90. The normalized spacial score (nSPS) is 18.2. The number of hydrogen-bond donors (Lipinski definition) is 2. The number of thiophene rings is 1. The van der Waals surface area contributed by atoms with Crippen molar-refractivity contribution in [1.29, 1.82) is 0 Å². The second-order valence-corrected chi connectivity index (χ2v) is 6.29. The molecule has 0 saturated carbocycles. The maximum Gasteiger partial charge on any atom is 0.262 e. The minimum Gasteiger partial charge on any atom is -0.384 e. The Morgan fingerprint density at radius 3 is 2.89 bits per heavy atom. The summed E-state index contributed by atoms with van der Waals surface area (Å²) in [6.07, 6.45) is 2.03. The summed E-state index contributed by atoms with van der Waals surface area (Å²) >= 11 is 7.34. The molecule has 0 radical (unpaired) electrons. The lowest BCUT2D eigenvalue weighted by molar-refractivity contribution is 0.0512. The van der Waals surface area contributed by atoms with Crippen molar-refractivity contribution in [2.24, 2.45) is 5.41 Å². The average molecular weight is 303 g/mol. The molecule has 106 valence electrons. The van der Waals surface area contributed by atoms with Gasteiger partial charge in [-0.1, -0.05) is 11.6 Å². The van der Waals surface area contributed by atoms with E-state index in [9.17, 15) is 4.79 Å². The fourth-order valence-corrected chi connectivity index (χ4v) is 3.50. The standard InChI is InChI=1S/C13H19ClN2O2S/c1-18-9-13(3-5-15-6-4-13)8-16-12(17)11-10(14)2-7-19-11/h2,7,15H,3-6,8-9H2,1H3,(H,16,17). The summed E-state index contributed by atoms with van der Waals surface area (Å²) in [5.41, 5.74) is 0.0411. The van der Waals surface area contributed by atoms with Gasteiger partial charge in [-0.3, -0.25) is 4.79 Å². The zero-order valence-electron chi connectivity index (χ0n) is 11.0. The highest BCUT2D eigenvalue weighted by Crippen LogP contribution is 2.29. The molecule has 6 heteroatoms. The van der Waals surface area contributed by atoms with Crippen molar-refractivity contribution in [2.75, 3.05) is 33.4 Å².